The summed E-state index contributed by atoms with van der Waals surface area (Å²) in [6, 6.07) is 0.0381. The molecule has 1 fully saturated rings. The molecular formula is C10H21NO3S. The van der Waals surface area contributed by atoms with Gasteiger partial charge < -0.3 is 5.11 Å². The highest BCUT2D eigenvalue weighted by molar-refractivity contribution is 7.89. The molecule has 0 saturated heterocycles. The van der Waals surface area contributed by atoms with Gasteiger partial charge in [0, 0.05) is 12.6 Å². The molecule has 1 aliphatic rings. The average molecular weight is 235 g/mol. The van der Waals surface area contributed by atoms with Crippen LogP contribution in [0.4, 0.5) is 0 Å². The van der Waals surface area contributed by atoms with Crippen LogP contribution in [0, 0.1) is 5.92 Å². The van der Waals surface area contributed by atoms with Gasteiger partial charge >= 0.3 is 0 Å². The second-order valence-electron chi connectivity index (χ2n) is 4.35. The topological polar surface area (TPSA) is 66.4 Å². The minimum atomic E-state index is -3.19. The molecule has 0 aliphatic heterocycles. The Labute approximate surface area is 92.1 Å². The van der Waals surface area contributed by atoms with Gasteiger partial charge in [-0.15, -0.1) is 0 Å². The van der Waals surface area contributed by atoms with Gasteiger partial charge in [-0.05, 0) is 32.1 Å². The average Bonchev–Trinajstić information content (AvgIpc) is 2.67. The number of nitrogens with one attached hydrogen (secondary N) is 1. The molecule has 15 heavy (non-hydrogen) atoms. The lowest BCUT2D eigenvalue weighted by atomic mass is 10.0. The molecule has 0 aromatic carbocycles. The number of hydrogen-bond acceptors (Lipinski definition) is 3. The number of sulfonamides is 1. The zero-order valence-electron chi connectivity index (χ0n) is 9.28. The third-order valence-corrected chi connectivity index (χ3v) is 4.60. The van der Waals surface area contributed by atoms with Gasteiger partial charge in [0.1, 0.15) is 0 Å². The fourth-order valence-electron chi connectivity index (χ4n) is 2.15. The van der Waals surface area contributed by atoms with E-state index < -0.39 is 10.0 Å². The lowest BCUT2D eigenvalue weighted by Gasteiger charge is -2.20. The Morgan fingerprint density at radius 1 is 1.40 bits per heavy atom. The standard InChI is InChI=1S/C10H21NO3S/c1-9(10-5-2-3-6-10)11-15(13,14)8-4-7-12/h9-12H,2-8H2,1H3. The lowest BCUT2D eigenvalue weighted by Crippen LogP contribution is -2.38. The van der Waals surface area contributed by atoms with Gasteiger partial charge in [0.2, 0.25) is 10.0 Å². The van der Waals surface area contributed by atoms with Gasteiger partial charge in [-0.1, -0.05) is 12.8 Å². The Hall–Kier alpha value is -0.130. The van der Waals surface area contributed by atoms with Crippen molar-refractivity contribution in [3.8, 4) is 0 Å². The lowest BCUT2D eigenvalue weighted by molar-refractivity contribution is 0.295. The van der Waals surface area contributed by atoms with E-state index in [9.17, 15) is 8.42 Å². The monoisotopic (exact) mass is 235 g/mol. The molecule has 0 radical (unpaired) electrons. The van der Waals surface area contributed by atoms with Crippen LogP contribution in [0.15, 0.2) is 0 Å². The van der Waals surface area contributed by atoms with Gasteiger partial charge in [-0.25, -0.2) is 13.1 Å². The Balaban J connectivity index is 2.38. The van der Waals surface area contributed by atoms with Crippen molar-refractivity contribution in [2.24, 2.45) is 5.92 Å². The molecule has 0 aromatic heterocycles. The molecule has 0 spiro atoms. The van der Waals surface area contributed by atoms with Crippen LogP contribution in [-0.2, 0) is 10.0 Å². The number of rotatable bonds is 6. The third-order valence-electron chi connectivity index (χ3n) is 3.04. The second-order valence-corrected chi connectivity index (χ2v) is 6.22. The summed E-state index contributed by atoms with van der Waals surface area (Å²) in [6.07, 6.45) is 5.00. The SMILES string of the molecule is CC(NS(=O)(=O)CCCO)C1CCCC1. The van der Waals surface area contributed by atoms with Crippen LogP contribution < -0.4 is 4.72 Å². The van der Waals surface area contributed by atoms with E-state index in [1.165, 1.54) is 12.8 Å². The molecule has 0 aromatic rings. The zero-order valence-corrected chi connectivity index (χ0v) is 10.1. The van der Waals surface area contributed by atoms with Gasteiger partial charge in [0.15, 0.2) is 0 Å². The molecule has 5 heteroatoms. The first-order valence-electron chi connectivity index (χ1n) is 5.66. The van der Waals surface area contributed by atoms with Crippen molar-refractivity contribution in [3.63, 3.8) is 0 Å². The second kappa shape index (κ2) is 5.82. The summed E-state index contributed by atoms with van der Waals surface area (Å²) < 4.78 is 25.8. The van der Waals surface area contributed by atoms with Crippen LogP contribution in [-0.4, -0.2) is 31.9 Å². The maximum absolute atomic E-state index is 11.5. The van der Waals surface area contributed by atoms with E-state index in [0.717, 1.165) is 12.8 Å². The summed E-state index contributed by atoms with van der Waals surface area (Å²) in [4.78, 5) is 0. The first kappa shape index (κ1) is 12.9. The summed E-state index contributed by atoms with van der Waals surface area (Å²) in [5.74, 6) is 0.523. The van der Waals surface area contributed by atoms with Crippen LogP contribution in [0.3, 0.4) is 0 Å². The summed E-state index contributed by atoms with van der Waals surface area (Å²) in [5, 5.41) is 8.58. The molecule has 1 atom stereocenters. The summed E-state index contributed by atoms with van der Waals surface area (Å²) in [7, 11) is -3.19. The van der Waals surface area contributed by atoms with E-state index in [1.54, 1.807) is 0 Å². The van der Waals surface area contributed by atoms with Gasteiger partial charge in [-0.3, -0.25) is 0 Å². The minimum absolute atomic E-state index is 0.0283. The highest BCUT2D eigenvalue weighted by atomic mass is 32.2. The highest BCUT2D eigenvalue weighted by Crippen LogP contribution is 2.27. The summed E-state index contributed by atoms with van der Waals surface area (Å²) in [5.41, 5.74) is 0. The van der Waals surface area contributed by atoms with Crippen LogP contribution in [0.25, 0.3) is 0 Å². The molecule has 1 saturated carbocycles. The number of aliphatic hydroxyl groups is 1. The smallest absolute Gasteiger partial charge is 0.211 e. The van der Waals surface area contributed by atoms with Crippen molar-refractivity contribution in [1.29, 1.82) is 0 Å². The van der Waals surface area contributed by atoms with E-state index in [4.69, 9.17) is 5.11 Å². The van der Waals surface area contributed by atoms with Crippen molar-refractivity contribution < 1.29 is 13.5 Å². The van der Waals surface area contributed by atoms with Gasteiger partial charge in [-0.2, -0.15) is 0 Å². The number of hydrogen-bond donors (Lipinski definition) is 2. The largest absolute Gasteiger partial charge is 0.396 e. The maximum Gasteiger partial charge on any atom is 0.211 e. The van der Waals surface area contributed by atoms with Crippen molar-refractivity contribution in [2.45, 2.75) is 45.1 Å². The predicted molar refractivity (Wildman–Crippen MR) is 60.0 cm³/mol. The van der Waals surface area contributed by atoms with Crippen molar-refractivity contribution in [2.75, 3.05) is 12.4 Å². The quantitative estimate of drug-likeness (QED) is 0.718. The fraction of sp³-hybridized carbons (Fsp3) is 1.00. The first-order valence-corrected chi connectivity index (χ1v) is 7.31. The molecule has 0 heterocycles. The molecule has 2 N–H and O–H groups in total. The van der Waals surface area contributed by atoms with Crippen molar-refractivity contribution in [1.82, 2.24) is 4.72 Å². The van der Waals surface area contributed by atoms with Crippen LogP contribution >= 0.6 is 0 Å². The minimum Gasteiger partial charge on any atom is -0.396 e. The Morgan fingerprint density at radius 2 is 2.00 bits per heavy atom. The Morgan fingerprint density at radius 3 is 2.53 bits per heavy atom. The van der Waals surface area contributed by atoms with E-state index in [1.807, 2.05) is 6.92 Å². The molecule has 1 rings (SSSR count). The van der Waals surface area contributed by atoms with E-state index in [0.29, 0.717) is 12.3 Å². The summed E-state index contributed by atoms with van der Waals surface area (Å²) >= 11 is 0. The molecular weight excluding hydrogens is 214 g/mol. The molecule has 90 valence electrons. The van der Waals surface area contributed by atoms with Crippen molar-refractivity contribution >= 4 is 10.0 Å². The van der Waals surface area contributed by atoms with Crippen LogP contribution in [0.5, 0.6) is 0 Å². The van der Waals surface area contributed by atoms with E-state index >= 15 is 0 Å². The van der Waals surface area contributed by atoms with Gasteiger partial charge in [0.05, 0.1) is 5.75 Å². The molecule has 1 aliphatic carbocycles. The third kappa shape index (κ3) is 4.49. The molecule has 0 amide bonds. The van der Waals surface area contributed by atoms with Crippen LogP contribution in [0.1, 0.15) is 39.0 Å². The predicted octanol–water partition coefficient (Wildman–Crippen LogP) is 0.867. The highest BCUT2D eigenvalue weighted by Gasteiger charge is 2.24. The molecule has 1 unspecified atom stereocenters. The molecule has 0 bridgehead atoms. The first-order chi connectivity index (χ1) is 7.05. The summed E-state index contributed by atoms with van der Waals surface area (Å²) in [6.45, 7) is 1.87. The Bertz CT molecular complexity index is 270. The van der Waals surface area contributed by atoms with Gasteiger partial charge in [0.25, 0.3) is 0 Å². The normalized spacial score (nSPS) is 20.7. The zero-order chi connectivity index (χ0) is 11.3. The number of aliphatic hydroxyl groups excluding tert-OH is 1. The van der Waals surface area contributed by atoms with Crippen molar-refractivity contribution in [3.05, 3.63) is 0 Å². The van der Waals surface area contributed by atoms with E-state index in [-0.39, 0.29) is 18.4 Å². The fourth-order valence-corrected chi connectivity index (χ4v) is 3.54. The Kier molecular flexibility index (Phi) is 5.02. The van der Waals surface area contributed by atoms with Crippen LogP contribution in [0.2, 0.25) is 0 Å². The maximum atomic E-state index is 11.5. The van der Waals surface area contributed by atoms with E-state index in [2.05, 4.69) is 4.72 Å². The molecule has 4 nitrogen and oxygen atoms in total.